The molecule has 1 aliphatic rings. The van der Waals surface area contributed by atoms with Crippen LogP contribution in [0, 0.1) is 0 Å². The molecule has 0 heterocycles. The van der Waals surface area contributed by atoms with Gasteiger partial charge in [-0.25, -0.2) is 0 Å². The Morgan fingerprint density at radius 1 is 0.557 bits per heavy atom. The summed E-state index contributed by atoms with van der Waals surface area (Å²) in [6, 6.07) is 0. The second kappa shape index (κ2) is 39.0. The van der Waals surface area contributed by atoms with Crippen molar-refractivity contribution in [2.24, 2.45) is 0 Å². The summed E-state index contributed by atoms with van der Waals surface area (Å²) in [6.45, 7) is -3.87. The van der Waals surface area contributed by atoms with E-state index in [-0.39, 0.29) is 78.4 Å². The van der Waals surface area contributed by atoms with Crippen molar-refractivity contribution in [3.63, 3.8) is 0 Å². The molecule has 0 aliphatic heterocycles. The number of phosphoric ester groups is 2. The van der Waals surface area contributed by atoms with Crippen LogP contribution in [0.15, 0.2) is 0 Å². The number of hydrogen-bond donors (Lipinski definition) is 5. The molecule has 1 aliphatic carbocycles. The van der Waals surface area contributed by atoms with Gasteiger partial charge in [-0.3, -0.25) is 18.7 Å². The first-order valence-electron chi connectivity index (χ1n) is 24.5. The molecular weight excluding hydrogens is 856 g/mol. The smallest absolute Gasteiger partial charge is 0.756 e. The monoisotopic (exact) mass is 939 g/mol. The van der Waals surface area contributed by atoms with Gasteiger partial charge in [0.15, 0.2) is 6.08 Å². The fraction of sp³-hybridized carbons (Fsp3) is 0.951. The Kier molecular flexibility index (Phi) is 34.9. The minimum Gasteiger partial charge on any atom is -0.756 e. The number of hydrogen-bond acceptors (Lipinski definition) is 15. The van der Waals surface area contributed by atoms with Crippen LogP contribution in [0.4, 0.5) is 0 Å². The van der Waals surface area contributed by atoms with Crippen molar-refractivity contribution in [1.82, 2.24) is 0 Å². The van der Waals surface area contributed by atoms with E-state index in [1.165, 1.54) is 77.0 Å². The normalized spacial score (nSPS) is 24.8. The number of esters is 2. The third-order valence-corrected chi connectivity index (χ3v) is 11.6. The zero-order valence-corrected chi connectivity index (χ0v) is 43.2. The minimum absolute atomic E-state index is 0. The van der Waals surface area contributed by atoms with Gasteiger partial charge in [0.1, 0.15) is 43.2 Å². The molecule has 1 fully saturated rings. The molecule has 0 bridgehead atoms. The summed E-state index contributed by atoms with van der Waals surface area (Å²) in [6.07, 6.45) is 5.51. The SMILES string of the molecule is [2H]C([2H])(OC(=O)CCCCCCCCCCCCCCC)C([2H])(OC(=O)CCCCCCCCCCCCCCC)C([2H])([2H])OP(=O)([O-])OC1[C@H](O)[C@H](O)C(OP(=O)([O-])O)[C@H](O)[C@H]1O.[Na+].[Na+]. The summed E-state index contributed by atoms with van der Waals surface area (Å²) in [7, 11) is -12.1. The van der Waals surface area contributed by atoms with E-state index in [4.69, 9.17) is 21.2 Å². The van der Waals surface area contributed by atoms with E-state index < -0.39 is 89.8 Å². The summed E-state index contributed by atoms with van der Waals surface area (Å²) in [5, 5.41) is 41.4. The standard InChI is InChI=1S/C41H80O16P2.2Na/c1-3-5-7-9-11-13-15-17-19-21-23-25-27-29-34(42)53-31-33(55-35(43)30-28-26-24-22-20-18-16-14-12-10-8-6-4-2)32-54-59(51,52)57-41-38(46)36(44)40(37(45)39(41)47)56-58(48,49)50;;/h33,36-41,44-47H,3-32H2,1-2H3,(H,51,52)(H2,48,49,50);;/q;2*+1/p-2/t33?,36-,37+,38-,39-,40?,41?;;/m1../s1/i31D2,32D2,33D;;. The van der Waals surface area contributed by atoms with E-state index in [0.29, 0.717) is 12.8 Å². The first-order valence-corrected chi connectivity index (χ1v) is 25.0. The number of rotatable bonds is 38. The largest absolute Gasteiger partial charge is 1.00 e. The van der Waals surface area contributed by atoms with Gasteiger partial charge in [0.2, 0.25) is 0 Å². The van der Waals surface area contributed by atoms with Crippen molar-refractivity contribution in [2.45, 2.75) is 236 Å². The molecule has 0 aromatic carbocycles. The second-order valence-electron chi connectivity index (χ2n) is 15.6. The predicted octanol–water partition coefficient (Wildman–Crippen LogP) is 0.585. The molecule has 61 heavy (non-hydrogen) atoms. The van der Waals surface area contributed by atoms with E-state index in [1.54, 1.807) is 0 Å². The molecule has 5 N–H and O–H groups in total. The van der Waals surface area contributed by atoms with Gasteiger partial charge in [-0.05, 0) is 12.8 Å². The molecule has 5 unspecified atom stereocenters. The summed E-state index contributed by atoms with van der Waals surface area (Å²) in [5.41, 5.74) is 0. The van der Waals surface area contributed by atoms with E-state index >= 15 is 0 Å². The quantitative estimate of drug-likeness (QED) is 0.0246. The predicted molar refractivity (Wildman–Crippen MR) is 219 cm³/mol. The summed E-state index contributed by atoms with van der Waals surface area (Å²) >= 11 is 0. The van der Waals surface area contributed by atoms with Crippen molar-refractivity contribution in [3.05, 3.63) is 0 Å². The number of carbonyl (C=O) groups excluding carboxylic acids is 2. The zero-order valence-electron chi connectivity index (χ0n) is 42.4. The van der Waals surface area contributed by atoms with E-state index in [9.17, 15) is 48.9 Å². The van der Waals surface area contributed by atoms with Crippen LogP contribution in [0.1, 0.15) is 200 Å². The Morgan fingerprint density at radius 3 is 1.21 bits per heavy atom. The maximum atomic E-state index is 13.1. The average Bonchev–Trinajstić information content (AvgIpc) is 3.19. The number of ether oxygens (including phenoxy) is 2. The molecule has 0 aromatic rings. The van der Waals surface area contributed by atoms with Crippen LogP contribution in [-0.4, -0.2) is 93.1 Å². The van der Waals surface area contributed by atoms with Crippen molar-refractivity contribution in [3.8, 4) is 0 Å². The molecule has 1 saturated carbocycles. The van der Waals surface area contributed by atoms with Crippen LogP contribution < -0.4 is 68.9 Å². The molecule has 0 spiro atoms. The molecule has 9 atom stereocenters. The summed E-state index contributed by atoms with van der Waals surface area (Å²) in [4.78, 5) is 59.2. The molecule has 20 heteroatoms. The molecular formula is C41H78Na2O16P2. The Balaban J connectivity index is 0. The molecule has 0 saturated heterocycles. The van der Waals surface area contributed by atoms with Gasteiger partial charge in [0.25, 0.3) is 15.6 Å². The zero-order chi connectivity index (χ0) is 48.5. The van der Waals surface area contributed by atoms with Crippen molar-refractivity contribution in [2.75, 3.05) is 13.1 Å². The molecule has 16 nitrogen and oxygen atoms in total. The van der Waals surface area contributed by atoms with Crippen molar-refractivity contribution in [1.29, 1.82) is 0 Å². The first kappa shape index (κ1) is 54.6. The Hall–Kier alpha value is 1.000. The number of carbonyl (C=O) groups is 2. The van der Waals surface area contributed by atoms with Crippen LogP contribution in [0.5, 0.6) is 0 Å². The van der Waals surface area contributed by atoms with Gasteiger partial charge in [0.05, 0.1) is 13.4 Å². The van der Waals surface area contributed by atoms with Crippen molar-refractivity contribution >= 4 is 27.6 Å². The minimum atomic E-state index is -6.40. The van der Waals surface area contributed by atoms with E-state index in [1.807, 2.05) is 0 Å². The Bertz CT molecular complexity index is 1390. The van der Waals surface area contributed by atoms with Gasteiger partial charge < -0.3 is 58.2 Å². The topological polar surface area (TPSA) is 262 Å². The van der Waals surface area contributed by atoms with E-state index in [0.717, 1.165) is 64.2 Å². The molecule has 0 amide bonds. The van der Waals surface area contributed by atoms with Crippen LogP contribution >= 0.6 is 15.6 Å². The van der Waals surface area contributed by atoms with Crippen molar-refractivity contribution < 1.29 is 143 Å². The van der Waals surface area contributed by atoms with Crippen LogP contribution in [0.2, 0.25) is 0 Å². The fourth-order valence-electron chi connectivity index (χ4n) is 6.81. The van der Waals surface area contributed by atoms with Gasteiger partial charge in [-0.1, -0.05) is 168 Å². The molecule has 0 aromatic heterocycles. The first-order chi connectivity index (χ1) is 29.9. The summed E-state index contributed by atoms with van der Waals surface area (Å²) in [5.74, 6) is -2.62. The van der Waals surface area contributed by atoms with Gasteiger partial charge in [-0.2, -0.15) is 0 Å². The van der Waals surface area contributed by atoms with Crippen LogP contribution in [0.3, 0.4) is 0 Å². The third kappa shape index (κ3) is 33.2. The van der Waals surface area contributed by atoms with Gasteiger partial charge in [-0.15, -0.1) is 0 Å². The molecule has 350 valence electrons. The Labute approximate surface area is 417 Å². The number of phosphoric acid groups is 2. The fourth-order valence-corrected chi connectivity index (χ4v) is 8.15. The number of aliphatic hydroxyl groups excluding tert-OH is 4. The molecule has 0 radical (unpaired) electrons. The number of aliphatic hydroxyl groups is 4. The van der Waals surface area contributed by atoms with Crippen LogP contribution in [-0.2, 0) is 41.8 Å². The Morgan fingerprint density at radius 2 is 0.869 bits per heavy atom. The third-order valence-electron chi connectivity index (χ3n) is 10.2. The maximum Gasteiger partial charge on any atom is 1.00 e. The average molecular weight is 940 g/mol. The summed E-state index contributed by atoms with van der Waals surface area (Å²) < 4.78 is 89.6. The van der Waals surface area contributed by atoms with Crippen LogP contribution in [0.25, 0.3) is 0 Å². The van der Waals surface area contributed by atoms with Gasteiger partial charge in [0, 0.05) is 12.8 Å². The number of unbranched alkanes of at least 4 members (excludes halogenated alkanes) is 24. The second-order valence-corrected chi connectivity index (χ2v) is 18.0. The maximum absolute atomic E-state index is 13.1. The van der Waals surface area contributed by atoms with E-state index in [2.05, 4.69) is 27.4 Å². The molecule has 1 rings (SSSR count). The van der Waals surface area contributed by atoms with Gasteiger partial charge >= 0.3 is 71.1 Å².